The van der Waals surface area contributed by atoms with Gasteiger partial charge in [-0.2, -0.15) is 0 Å². The molecule has 1 aromatic heterocycles. The van der Waals surface area contributed by atoms with Crippen molar-refractivity contribution in [1.29, 1.82) is 0 Å². The molecule has 0 saturated heterocycles. The first-order valence-electron chi connectivity index (χ1n) is 6.45. The molecule has 5 heteroatoms. The highest BCUT2D eigenvalue weighted by Gasteiger charge is 2.18. The first kappa shape index (κ1) is 13.5. The standard InChI is InChI=1S/C14H20N4O/c1-4-7-18-12(9-16-17-18)14(15)11-6-5-10(2)8-13(11)19-3/h5-6,8-9,14H,4,7,15H2,1-3H3. The molecule has 2 rings (SSSR count). The van der Waals surface area contributed by atoms with E-state index in [1.54, 1.807) is 13.3 Å². The summed E-state index contributed by atoms with van der Waals surface area (Å²) in [7, 11) is 1.66. The van der Waals surface area contributed by atoms with E-state index >= 15 is 0 Å². The number of hydrogen-bond acceptors (Lipinski definition) is 4. The van der Waals surface area contributed by atoms with E-state index in [0.717, 1.165) is 35.5 Å². The Hall–Kier alpha value is -1.88. The molecule has 5 nitrogen and oxygen atoms in total. The summed E-state index contributed by atoms with van der Waals surface area (Å²) in [5.74, 6) is 0.803. The van der Waals surface area contributed by atoms with Crippen LogP contribution in [0.1, 0.15) is 36.2 Å². The van der Waals surface area contributed by atoms with Crippen LogP contribution in [0.5, 0.6) is 5.75 Å². The zero-order valence-electron chi connectivity index (χ0n) is 11.6. The number of hydrogen-bond donors (Lipinski definition) is 1. The Bertz CT molecular complexity index is 550. The van der Waals surface area contributed by atoms with Gasteiger partial charge in [0.25, 0.3) is 0 Å². The fraction of sp³-hybridized carbons (Fsp3) is 0.429. The number of methoxy groups -OCH3 is 1. The molecule has 19 heavy (non-hydrogen) atoms. The molecule has 0 aliphatic heterocycles. The lowest BCUT2D eigenvalue weighted by Gasteiger charge is -2.17. The molecule has 2 aromatic rings. The zero-order valence-corrected chi connectivity index (χ0v) is 11.6. The summed E-state index contributed by atoms with van der Waals surface area (Å²) >= 11 is 0. The van der Waals surface area contributed by atoms with Gasteiger partial charge in [-0.05, 0) is 25.0 Å². The molecule has 2 N–H and O–H groups in total. The molecule has 1 atom stereocenters. The van der Waals surface area contributed by atoms with Crippen molar-refractivity contribution in [1.82, 2.24) is 15.0 Å². The summed E-state index contributed by atoms with van der Waals surface area (Å²) in [6.45, 7) is 4.95. The Morgan fingerprint density at radius 3 is 2.89 bits per heavy atom. The van der Waals surface area contributed by atoms with Crippen LogP contribution in [0.3, 0.4) is 0 Å². The van der Waals surface area contributed by atoms with Crippen molar-refractivity contribution in [2.45, 2.75) is 32.9 Å². The summed E-state index contributed by atoms with van der Waals surface area (Å²) in [4.78, 5) is 0. The van der Waals surface area contributed by atoms with Gasteiger partial charge in [-0.25, -0.2) is 4.68 Å². The number of nitrogens with two attached hydrogens (primary N) is 1. The average Bonchev–Trinajstić information content (AvgIpc) is 2.86. The summed E-state index contributed by atoms with van der Waals surface area (Å²) in [6.07, 6.45) is 2.72. The molecule has 0 fully saturated rings. The maximum absolute atomic E-state index is 6.34. The van der Waals surface area contributed by atoms with Crippen LogP contribution in [-0.2, 0) is 6.54 Å². The molecule has 1 unspecified atom stereocenters. The van der Waals surface area contributed by atoms with Crippen molar-refractivity contribution in [2.24, 2.45) is 5.73 Å². The summed E-state index contributed by atoms with van der Waals surface area (Å²) < 4.78 is 7.27. The van der Waals surface area contributed by atoms with Gasteiger partial charge >= 0.3 is 0 Å². The molecule has 0 amide bonds. The minimum absolute atomic E-state index is 0.280. The third-order valence-corrected chi connectivity index (χ3v) is 3.13. The molecule has 0 spiro atoms. The highest BCUT2D eigenvalue weighted by atomic mass is 16.5. The van der Waals surface area contributed by atoms with Gasteiger partial charge < -0.3 is 10.5 Å². The molecule has 1 heterocycles. The summed E-state index contributed by atoms with van der Waals surface area (Å²) in [5.41, 5.74) is 9.34. The second-order valence-corrected chi connectivity index (χ2v) is 4.61. The third-order valence-electron chi connectivity index (χ3n) is 3.13. The molecular weight excluding hydrogens is 240 g/mol. The topological polar surface area (TPSA) is 66.0 Å². The number of rotatable bonds is 5. The SMILES string of the molecule is CCCn1nncc1C(N)c1ccc(C)cc1OC. The van der Waals surface area contributed by atoms with Gasteiger partial charge in [-0.15, -0.1) is 5.10 Å². The van der Waals surface area contributed by atoms with Crippen molar-refractivity contribution in [2.75, 3.05) is 7.11 Å². The normalized spacial score (nSPS) is 12.4. The predicted octanol–water partition coefficient (Wildman–Crippen LogP) is 2.05. The van der Waals surface area contributed by atoms with E-state index < -0.39 is 0 Å². The van der Waals surface area contributed by atoms with E-state index in [1.165, 1.54) is 0 Å². The van der Waals surface area contributed by atoms with E-state index in [9.17, 15) is 0 Å². The quantitative estimate of drug-likeness (QED) is 0.893. The van der Waals surface area contributed by atoms with Gasteiger partial charge in [-0.3, -0.25) is 0 Å². The molecule has 0 bridgehead atoms. The van der Waals surface area contributed by atoms with Gasteiger partial charge in [0.05, 0.1) is 25.0 Å². The van der Waals surface area contributed by atoms with Gasteiger partial charge in [-0.1, -0.05) is 24.3 Å². The van der Waals surface area contributed by atoms with Crippen molar-refractivity contribution in [3.8, 4) is 5.75 Å². The third kappa shape index (κ3) is 2.76. The zero-order chi connectivity index (χ0) is 13.8. The van der Waals surface area contributed by atoms with Gasteiger partial charge in [0.1, 0.15) is 5.75 Å². The van der Waals surface area contributed by atoms with E-state index in [1.807, 2.05) is 29.8 Å². The lowest BCUT2D eigenvalue weighted by atomic mass is 10.0. The smallest absolute Gasteiger partial charge is 0.124 e. The number of benzene rings is 1. The Labute approximate surface area is 113 Å². The van der Waals surface area contributed by atoms with Crippen molar-refractivity contribution < 1.29 is 4.74 Å². The largest absolute Gasteiger partial charge is 0.496 e. The summed E-state index contributed by atoms with van der Waals surface area (Å²) in [6, 6.07) is 5.74. The first-order chi connectivity index (χ1) is 9.17. The van der Waals surface area contributed by atoms with E-state index in [0.29, 0.717) is 0 Å². The van der Waals surface area contributed by atoms with Gasteiger partial charge in [0.2, 0.25) is 0 Å². The van der Waals surface area contributed by atoms with Crippen LogP contribution in [0, 0.1) is 6.92 Å². The van der Waals surface area contributed by atoms with Crippen LogP contribution in [-0.4, -0.2) is 22.1 Å². The van der Waals surface area contributed by atoms with E-state index in [-0.39, 0.29) is 6.04 Å². The van der Waals surface area contributed by atoms with Gasteiger partial charge in [0, 0.05) is 12.1 Å². The van der Waals surface area contributed by atoms with E-state index in [4.69, 9.17) is 10.5 Å². The minimum atomic E-state index is -0.280. The number of ether oxygens (including phenoxy) is 1. The minimum Gasteiger partial charge on any atom is -0.496 e. The second-order valence-electron chi connectivity index (χ2n) is 4.61. The van der Waals surface area contributed by atoms with Crippen LogP contribution < -0.4 is 10.5 Å². The maximum Gasteiger partial charge on any atom is 0.124 e. The van der Waals surface area contributed by atoms with Crippen molar-refractivity contribution >= 4 is 0 Å². The Morgan fingerprint density at radius 1 is 1.42 bits per heavy atom. The molecular formula is C14H20N4O. The molecule has 102 valence electrons. The lowest BCUT2D eigenvalue weighted by Crippen LogP contribution is -2.18. The highest BCUT2D eigenvalue weighted by Crippen LogP contribution is 2.28. The number of aryl methyl sites for hydroxylation is 2. The van der Waals surface area contributed by atoms with Crippen molar-refractivity contribution in [3.63, 3.8) is 0 Å². The molecule has 0 saturated carbocycles. The first-order valence-corrected chi connectivity index (χ1v) is 6.45. The molecule has 0 radical (unpaired) electrons. The van der Waals surface area contributed by atoms with Gasteiger partial charge in [0.15, 0.2) is 0 Å². The van der Waals surface area contributed by atoms with Crippen LogP contribution in [0.25, 0.3) is 0 Å². The predicted molar refractivity (Wildman–Crippen MR) is 74.1 cm³/mol. The molecule has 0 aliphatic carbocycles. The number of nitrogens with zero attached hydrogens (tertiary/aromatic N) is 3. The Balaban J connectivity index is 2.38. The lowest BCUT2D eigenvalue weighted by molar-refractivity contribution is 0.406. The van der Waals surface area contributed by atoms with Crippen LogP contribution in [0.4, 0.5) is 0 Å². The van der Waals surface area contributed by atoms with E-state index in [2.05, 4.69) is 17.2 Å². The second kappa shape index (κ2) is 5.84. The fourth-order valence-electron chi connectivity index (χ4n) is 2.13. The fourth-order valence-corrected chi connectivity index (χ4v) is 2.13. The number of aromatic nitrogens is 3. The van der Waals surface area contributed by atoms with Crippen LogP contribution in [0.15, 0.2) is 24.4 Å². The highest BCUT2D eigenvalue weighted by molar-refractivity contribution is 5.41. The van der Waals surface area contributed by atoms with Crippen molar-refractivity contribution in [3.05, 3.63) is 41.2 Å². The molecule has 1 aromatic carbocycles. The monoisotopic (exact) mass is 260 g/mol. The van der Waals surface area contributed by atoms with Crippen LogP contribution in [0.2, 0.25) is 0 Å². The molecule has 0 aliphatic rings. The summed E-state index contributed by atoms with van der Waals surface area (Å²) in [5, 5.41) is 8.02. The average molecular weight is 260 g/mol. The van der Waals surface area contributed by atoms with Crippen LogP contribution >= 0.6 is 0 Å². The Kier molecular flexibility index (Phi) is 4.16. The Morgan fingerprint density at radius 2 is 2.21 bits per heavy atom. The maximum atomic E-state index is 6.34.